The molecule has 0 unspecified atom stereocenters. The van der Waals surface area contributed by atoms with Crippen LogP contribution in [0.5, 0.6) is 0 Å². The first-order chi connectivity index (χ1) is 4.42. The van der Waals surface area contributed by atoms with E-state index in [9.17, 15) is 9.59 Å². The zero-order chi connectivity index (χ0) is 8.36. The molecule has 0 atom stereocenters. The van der Waals surface area contributed by atoms with E-state index in [-0.39, 0.29) is 0 Å². The van der Waals surface area contributed by atoms with Crippen LogP contribution in [0.4, 0.5) is 0 Å². The average Bonchev–Trinajstić information content (AvgIpc) is 1.86. The number of halogens is 1. The normalized spacial score (nSPS) is 10.7. The Hall–Kier alpha value is -0.770. The summed E-state index contributed by atoms with van der Waals surface area (Å²) >= 11 is 4.67. The molecule has 0 saturated carbocycles. The maximum Gasteiger partial charge on any atom is 0.341 e. The fourth-order valence-electron chi connectivity index (χ4n) is 0.184. The summed E-state index contributed by atoms with van der Waals surface area (Å²) in [5.41, 5.74) is -1.57. The molecule has 0 aliphatic rings. The highest BCUT2D eigenvalue weighted by molar-refractivity contribution is 6.16. The third kappa shape index (κ3) is 1.60. The molecule has 0 bridgehead atoms. The molecule has 0 aromatic rings. The molecule has 0 aliphatic heterocycles. The van der Waals surface area contributed by atoms with Crippen molar-refractivity contribution in [2.75, 3.05) is 0 Å². The van der Waals surface area contributed by atoms with Crippen LogP contribution in [0.2, 0.25) is 0 Å². The Labute approximate surface area is 62.9 Å². The highest BCUT2D eigenvalue weighted by Crippen LogP contribution is 2.17. The first-order valence-electron chi connectivity index (χ1n) is 2.49. The lowest BCUT2D eigenvalue weighted by molar-refractivity contribution is -0.159. The summed E-state index contributed by atoms with van der Waals surface area (Å²) in [6, 6.07) is 0. The van der Waals surface area contributed by atoms with Crippen molar-refractivity contribution in [3.8, 4) is 0 Å². The Morgan fingerprint density at radius 1 is 1.50 bits per heavy atom. The number of carbonyl (C=O) groups excluding carboxylic acids is 1. The smallest absolute Gasteiger partial charge is 0.341 e. The van der Waals surface area contributed by atoms with Crippen molar-refractivity contribution in [2.45, 2.75) is 13.8 Å². The van der Waals surface area contributed by atoms with E-state index >= 15 is 0 Å². The molecule has 1 N–H and O–H groups in total. The molecule has 0 aliphatic carbocycles. The van der Waals surface area contributed by atoms with Gasteiger partial charge in [0.25, 0.3) is 0 Å². The summed E-state index contributed by atoms with van der Waals surface area (Å²) in [5, 5.41) is 8.38. The van der Waals surface area contributed by atoms with E-state index in [1.807, 2.05) is 0 Å². The van der Waals surface area contributed by atoms with Crippen molar-refractivity contribution in [1.82, 2.24) is 0 Å². The summed E-state index contributed by atoms with van der Waals surface area (Å²) < 4.78 is 3.73. The monoisotopic (exact) mass is 166 g/mol. The second-order valence-corrected chi connectivity index (χ2v) is 2.45. The Balaban J connectivity index is 4.40. The van der Waals surface area contributed by atoms with Crippen molar-refractivity contribution in [3.63, 3.8) is 0 Å². The molecule has 10 heavy (non-hydrogen) atoms. The van der Waals surface area contributed by atoms with Gasteiger partial charge in [0, 0.05) is 0 Å². The number of carboxylic acids is 1. The number of aliphatic carboxylic acids is 1. The lowest BCUT2D eigenvalue weighted by Gasteiger charge is -2.12. The lowest BCUT2D eigenvalue weighted by Crippen LogP contribution is -2.33. The molecule has 58 valence electrons. The molecule has 0 aromatic carbocycles. The third-order valence-corrected chi connectivity index (χ3v) is 1.26. The van der Waals surface area contributed by atoms with E-state index in [4.69, 9.17) is 5.11 Å². The van der Waals surface area contributed by atoms with Crippen LogP contribution in [-0.4, -0.2) is 17.0 Å². The summed E-state index contributed by atoms with van der Waals surface area (Å²) in [4.78, 5) is 20.8. The summed E-state index contributed by atoms with van der Waals surface area (Å²) in [5.74, 6) is -2.24. The summed E-state index contributed by atoms with van der Waals surface area (Å²) in [6.07, 6.45) is 0. The van der Waals surface area contributed by atoms with Gasteiger partial charge in [0.2, 0.25) is 0 Å². The van der Waals surface area contributed by atoms with E-state index < -0.39 is 17.4 Å². The Kier molecular flexibility index (Phi) is 2.65. The second kappa shape index (κ2) is 2.88. The fourth-order valence-corrected chi connectivity index (χ4v) is 0.377. The summed E-state index contributed by atoms with van der Waals surface area (Å²) in [6.45, 7) is 2.42. The topological polar surface area (TPSA) is 63.6 Å². The molecule has 0 fully saturated rings. The second-order valence-electron chi connectivity index (χ2n) is 2.29. The van der Waals surface area contributed by atoms with Crippen LogP contribution in [0.1, 0.15) is 13.8 Å². The van der Waals surface area contributed by atoms with Crippen LogP contribution in [0, 0.1) is 5.41 Å². The summed E-state index contributed by atoms with van der Waals surface area (Å²) in [7, 11) is 0. The standard InChI is InChI=1S/C5H7ClO4/c1-5(2,3(7)8)4(9)10-6/h1-2H3,(H,7,8). The van der Waals surface area contributed by atoms with E-state index in [0.29, 0.717) is 0 Å². The SMILES string of the molecule is CC(C)(C(=O)O)C(=O)OCl. The first-order valence-corrected chi connectivity index (χ1v) is 2.80. The molecule has 0 rings (SSSR count). The van der Waals surface area contributed by atoms with Gasteiger partial charge >= 0.3 is 11.9 Å². The molecular weight excluding hydrogens is 160 g/mol. The van der Waals surface area contributed by atoms with Crippen LogP contribution in [0.15, 0.2) is 0 Å². The van der Waals surface area contributed by atoms with Gasteiger partial charge in [0.1, 0.15) is 11.9 Å². The minimum absolute atomic E-state index is 0.971. The van der Waals surface area contributed by atoms with Gasteiger partial charge in [-0.15, -0.1) is 0 Å². The number of rotatable bonds is 2. The first kappa shape index (κ1) is 9.23. The maximum atomic E-state index is 10.5. The van der Waals surface area contributed by atoms with Gasteiger partial charge < -0.3 is 9.40 Å². The van der Waals surface area contributed by atoms with Crippen LogP contribution >= 0.6 is 11.9 Å². The zero-order valence-electron chi connectivity index (χ0n) is 5.55. The van der Waals surface area contributed by atoms with Gasteiger partial charge in [-0.2, -0.15) is 0 Å². The minimum Gasteiger partial charge on any atom is -0.480 e. The van der Waals surface area contributed by atoms with Gasteiger partial charge in [0.05, 0.1) is 0 Å². The Morgan fingerprint density at radius 2 is 1.90 bits per heavy atom. The highest BCUT2D eigenvalue weighted by atomic mass is 35.5. The van der Waals surface area contributed by atoms with Crippen LogP contribution < -0.4 is 0 Å². The number of hydrogen-bond acceptors (Lipinski definition) is 3. The molecule has 4 nitrogen and oxygen atoms in total. The minimum atomic E-state index is -1.57. The molecule has 5 heteroatoms. The molecule has 0 aromatic heterocycles. The van der Waals surface area contributed by atoms with Crippen molar-refractivity contribution >= 4 is 23.8 Å². The largest absolute Gasteiger partial charge is 0.480 e. The van der Waals surface area contributed by atoms with Gasteiger partial charge in [-0.3, -0.25) is 4.79 Å². The predicted molar refractivity (Wildman–Crippen MR) is 33.4 cm³/mol. The lowest BCUT2D eigenvalue weighted by atomic mass is 9.95. The quantitative estimate of drug-likeness (QED) is 0.617. The zero-order valence-corrected chi connectivity index (χ0v) is 6.31. The van der Waals surface area contributed by atoms with Crippen molar-refractivity contribution in [3.05, 3.63) is 0 Å². The van der Waals surface area contributed by atoms with E-state index in [1.54, 1.807) is 0 Å². The average molecular weight is 167 g/mol. The number of carbonyl (C=O) groups is 2. The van der Waals surface area contributed by atoms with Crippen molar-refractivity contribution < 1.29 is 19.0 Å². The van der Waals surface area contributed by atoms with E-state index in [2.05, 4.69) is 16.2 Å². The van der Waals surface area contributed by atoms with Gasteiger partial charge in [-0.25, -0.2) is 4.79 Å². The maximum absolute atomic E-state index is 10.5. The van der Waals surface area contributed by atoms with Gasteiger partial charge in [-0.05, 0) is 13.8 Å². The Bertz CT molecular complexity index is 163. The fraction of sp³-hybridized carbons (Fsp3) is 0.600. The third-order valence-electron chi connectivity index (χ3n) is 1.12. The number of carboxylic acid groups (broad SMARTS) is 1. The molecule has 0 amide bonds. The number of hydrogen-bond donors (Lipinski definition) is 1. The molecule has 0 heterocycles. The molecule has 0 radical (unpaired) electrons. The van der Waals surface area contributed by atoms with Crippen molar-refractivity contribution in [2.24, 2.45) is 5.41 Å². The van der Waals surface area contributed by atoms with Gasteiger partial charge in [-0.1, -0.05) is 0 Å². The van der Waals surface area contributed by atoms with Crippen LogP contribution in [0.3, 0.4) is 0 Å². The van der Waals surface area contributed by atoms with Crippen LogP contribution in [0.25, 0.3) is 0 Å². The molecule has 0 spiro atoms. The Morgan fingerprint density at radius 3 is 2.00 bits per heavy atom. The predicted octanol–water partition coefficient (Wildman–Crippen LogP) is 0.794. The highest BCUT2D eigenvalue weighted by Gasteiger charge is 2.37. The van der Waals surface area contributed by atoms with Crippen molar-refractivity contribution in [1.29, 1.82) is 0 Å². The van der Waals surface area contributed by atoms with E-state index in [1.165, 1.54) is 13.8 Å². The molecule has 0 saturated heterocycles. The van der Waals surface area contributed by atoms with Gasteiger partial charge in [0.15, 0.2) is 5.41 Å². The molecular formula is C5H7ClO4. The van der Waals surface area contributed by atoms with E-state index in [0.717, 1.165) is 0 Å². The van der Waals surface area contributed by atoms with Crippen LogP contribution in [-0.2, 0) is 13.9 Å².